The maximum Gasteiger partial charge on any atom is 0.256 e. The van der Waals surface area contributed by atoms with Gasteiger partial charge in [-0.15, -0.1) is 6.58 Å². The second-order valence-electron chi connectivity index (χ2n) is 9.65. The van der Waals surface area contributed by atoms with Crippen LogP contribution in [0.25, 0.3) is 0 Å². The van der Waals surface area contributed by atoms with Crippen LogP contribution in [0.3, 0.4) is 0 Å². The van der Waals surface area contributed by atoms with Crippen molar-refractivity contribution in [2.24, 2.45) is 10.9 Å². The Morgan fingerprint density at radius 3 is 2.81 bits per heavy atom. The van der Waals surface area contributed by atoms with Crippen LogP contribution in [0.2, 0.25) is 0 Å². The Labute approximate surface area is 218 Å². The van der Waals surface area contributed by atoms with E-state index in [0.29, 0.717) is 29.8 Å². The Hall–Kier alpha value is -3.72. The third-order valence-electron chi connectivity index (χ3n) is 7.20. The quantitative estimate of drug-likeness (QED) is 0.387. The maximum absolute atomic E-state index is 12.8. The summed E-state index contributed by atoms with van der Waals surface area (Å²) in [5.74, 6) is 1.15. The van der Waals surface area contributed by atoms with Crippen molar-refractivity contribution in [2.45, 2.75) is 38.8 Å². The molecule has 3 aliphatic rings. The fraction of sp³-hybridized carbons (Fsp3) is 0.429. The number of piperazine rings is 1. The van der Waals surface area contributed by atoms with E-state index in [2.05, 4.69) is 62.9 Å². The van der Waals surface area contributed by atoms with E-state index in [1.165, 1.54) is 17.0 Å². The second-order valence-corrected chi connectivity index (χ2v) is 9.65. The topological polar surface area (TPSA) is 107 Å². The third kappa shape index (κ3) is 5.83. The molecule has 9 nitrogen and oxygen atoms in total. The first-order valence-corrected chi connectivity index (χ1v) is 13.3. The minimum Gasteiger partial charge on any atom is -0.369 e. The van der Waals surface area contributed by atoms with Crippen molar-refractivity contribution in [3.05, 3.63) is 60.3 Å². The number of anilines is 4. The lowest BCUT2D eigenvalue weighted by Gasteiger charge is -2.29. The molecule has 2 aliphatic heterocycles. The minimum absolute atomic E-state index is 0.169. The van der Waals surface area contributed by atoms with Gasteiger partial charge in [-0.25, -0.2) is 4.98 Å². The molecule has 1 aromatic carbocycles. The first-order valence-electron chi connectivity index (χ1n) is 13.3. The zero-order chi connectivity index (χ0) is 25.6. The van der Waals surface area contributed by atoms with E-state index in [1.807, 2.05) is 12.1 Å². The molecular weight excluding hydrogens is 464 g/mol. The molecule has 1 saturated heterocycles. The molecule has 0 spiro atoms. The number of rotatable bonds is 9. The number of carbonyl (C=O) groups is 1. The van der Waals surface area contributed by atoms with Crippen LogP contribution in [0.5, 0.6) is 0 Å². The van der Waals surface area contributed by atoms with Crippen molar-refractivity contribution in [1.82, 2.24) is 20.6 Å². The summed E-state index contributed by atoms with van der Waals surface area (Å²) in [4.78, 5) is 29.4. The molecule has 1 aliphatic carbocycles. The van der Waals surface area contributed by atoms with Crippen molar-refractivity contribution < 1.29 is 4.79 Å². The number of hydrogen-bond donors (Lipinski definition) is 4. The number of allylic oxidation sites excluding steroid dienone is 1. The Morgan fingerprint density at radius 1 is 1.24 bits per heavy atom. The van der Waals surface area contributed by atoms with Crippen LogP contribution in [-0.2, 0) is 0 Å². The van der Waals surface area contributed by atoms with Gasteiger partial charge in [-0.1, -0.05) is 19.1 Å². The van der Waals surface area contributed by atoms with Crippen LogP contribution in [0, 0.1) is 5.92 Å². The number of carbonyl (C=O) groups excluding carboxylic acids is 1. The summed E-state index contributed by atoms with van der Waals surface area (Å²) < 4.78 is 0. The van der Waals surface area contributed by atoms with Gasteiger partial charge in [-0.05, 0) is 49.1 Å². The molecule has 2 aromatic rings. The second kappa shape index (κ2) is 11.6. The highest BCUT2D eigenvalue weighted by atomic mass is 16.1. The molecule has 1 saturated carbocycles. The van der Waals surface area contributed by atoms with Crippen LogP contribution in [0.4, 0.5) is 23.1 Å². The summed E-state index contributed by atoms with van der Waals surface area (Å²) in [6.45, 7) is 10.3. The van der Waals surface area contributed by atoms with E-state index in [1.54, 1.807) is 12.3 Å². The van der Waals surface area contributed by atoms with Crippen molar-refractivity contribution in [2.75, 3.05) is 48.3 Å². The van der Waals surface area contributed by atoms with E-state index < -0.39 is 0 Å². The average molecular weight is 501 g/mol. The van der Waals surface area contributed by atoms with Crippen LogP contribution < -0.4 is 26.2 Å². The zero-order valence-electron chi connectivity index (χ0n) is 21.5. The summed E-state index contributed by atoms with van der Waals surface area (Å²) in [5, 5.41) is 12.9. The highest BCUT2D eigenvalue weighted by Crippen LogP contribution is 2.34. The lowest BCUT2D eigenvalue weighted by Crippen LogP contribution is -2.43. The van der Waals surface area contributed by atoms with Gasteiger partial charge in [0.1, 0.15) is 17.5 Å². The fourth-order valence-electron chi connectivity index (χ4n) is 5.16. The lowest BCUT2D eigenvalue weighted by atomic mass is 10.00. The summed E-state index contributed by atoms with van der Waals surface area (Å²) in [6, 6.07) is 8.28. The number of amides is 1. The van der Waals surface area contributed by atoms with Crippen LogP contribution in [0.15, 0.2) is 59.8 Å². The molecule has 1 aromatic heterocycles. The molecule has 3 heterocycles. The number of fused-ring (bicyclic) bond motifs is 1. The van der Waals surface area contributed by atoms with Gasteiger partial charge in [0.05, 0.1) is 0 Å². The summed E-state index contributed by atoms with van der Waals surface area (Å²) >= 11 is 0. The van der Waals surface area contributed by atoms with Gasteiger partial charge >= 0.3 is 0 Å². The van der Waals surface area contributed by atoms with Crippen LogP contribution >= 0.6 is 0 Å². The lowest BCUT2D eigenvalue weighted by molar-refractivity contribution is 0.0958. The largest absolute Gasteiger partial charge is 0.369 e. The van der Waals surface area contributed by atoms with Crippen LogP contribution in [0.1, 0.15) is 43.0 Å². The van der Waals surface area contributed by atoms with Crippen LogP contribution in [-0.4, -0.2) is 60.5 Å². The molecule has 37 heavy (non-hydrogen) atoms. The number of nitrogens with zero attached hydrogens (tertiary/aromatic N) is 4. The van der Waals surface area contributed by atoms with Gasteiger partial charge in [0.15, 0.2) is 0 Å². The monoisotopic (exact) mass is 500 g/mol. The highest BCUT2D eigenvalue weighted by molar-refractivity contribution is 6.04. The molecule has 2 fully saturated rings. The van der Waals surface area contributed by atoms with Crippen molar-refractivity contribution in [3.63, 3.8) is 0 Å². The Balaban J connectivity index is 1.35. The first kappa shape index (κ1) is 25.0. The first-order chi connectivity index (χ1) is 18.1. The van der Waals surface area contributed by atoms with Crippen molar-refractivity contribution >= 4 is 34.8 Å². The molecule has 4 N–H and O–H groups in total. The van der Waals surface area contributed by atoms with Crippen molar-refractivity contribution in [3.8, 4) is 0 Å². The van der Waals surface area contributed by atoms with Gasteiger partial charge in [-0.2, -0.15) is 4.98 Å². The number of dihydropyridines is 1. The van der Waals surface area contributed by atoms with E-state index in [9.17, 15) is 4.79 Å². The SMILES string of the molecule is C=CCNC(=O)c1cnc(Nc2ccc(N3CCNCC3)cc2)nc1NC1CC=C2CCC(CC)C2=N1. The van der Waals surface area contributed by atoms with Gasteiger partial charge in [0.2, 0.25) is 5.95 Å². The third-order valence-corrected chi connectivity index (χ3v) is 7.20. The predicted molar refractivity (Wildman–Crippen MR) is 150 cm³/mol. The zero-order valence-corrected chi connectivity index (χ0v) is 21.5. The molecule has 2 unspecified atom stereocenters. The average Bonchev–Trinajstić information content (AvgIpc) is 3.35. The minimum atomic E-state index is -0.249. The number of aliphatic imine (C=N–C) groups is 1. The fourth-order valence-corrected chi connectivity index (χ4v) is 5.16. The number of hydrogen-bond acceptors (Lipinski definition) is 8. The number of benzene rings is 1. The number of aromatic nitrogens is 2. The molecule has 194 valence electrons. The molecule has 0 radical (unpaired) electrons. The van der Waals surface area contributed by atoms with Gasteiger partial charge in [-0.3, -0.25) is 9.79 Å². The summed E-state index contributed by atoms with van der Waals surface area (Å²) in [6.07, 6.45) is 9.46. The molecular formula is C28H36N8O. The molecule has 0 bridgehead atoms. The number of nitrogens with one attached hydrogen (secondary N) is 4. The van der Waals surface area contributed by atoms with E-state index in [0.717, 1.165) is 57.5 Å². The van der Waals surface area contributed by atoms with E-state index in [-0.39, 0.29) is 12.1 Å². The van der Waals surface area contributed by atoms with E-state index in [4.69, 9.17) is 9.98 Å². The molecule has 1 amide bonds. The summed E-state index contributed by atoms with van der Waals surface area (Å²) in [7, 11) is 0. The van der Waals surface area contributed by atoms with Gasteiger partial charge < -0.3 is 26.2 Å². The van der Waals surface area contributed by atoms with E-state index >= 15 is 0 Å². The smallest absolute Gasteiger partial charge is 0.256 e. The molecule has 9 heteroatoms. The molecule has 2 atom stereocenters. The highest BCUT2D eigenvalue weighted by Gasteiger charge is 2.29. The Morgan fingerprint density at radius 2 is 2.05 bits per heavy atom. The van der Waals surface area contributed by atoms with Gasteiger partial charge in [0.25, 0.3) is 5.91 Å². The molecule has 5 rings (SSSR count). The predicted octanol–water partition coefficient (Wildman–Crippen LogP) is 3.87. The van der Waals surface area contributed by atoms with Crippen molar-refractivity contribution in [1.29, 1.82) is 0 Å². The maximum atomic E-state index is 12.8. The Bertz CT molecular complexity index is 1180. The Kier molecular flexibility index (Phi) is 7.79. The van der Waals surface area contributed by atoms with Gasteiger partial charge in [0, 0.05) is 68.3 Å². The normalized spacial score (nSPS) is 20.9. The standard InChI is InChI=1S/C28H36N8O/c1-3-13-30-27(37)23-18-31-28(32-21-8-10-22(11-9-21)36-16-14-29-15-17-36)35-26(23)34-24-12-7-20-6-5-19(4-2)25(20)33-24/h3,7-11,18-19,24,29H,1,4-6,12-17H2,2H3,(H,30,37)(H2,31,32,34,35). The summed E-state index contributed by atoms with van der Waals surface area (Å²) in [5.41, 5.74) is 5.06.